The van der Waals surface area contributed by atoms with Crippen molar-refractivity contribution in [2.75, 3.05) is 0 Å². The number of hydrogen-bond donors (Lipinski definition) is 1. The standard InChI is InChI=1S/C18H18N2O4/c1-4-13(18(23)24)20-16(21)14-10(2)19(11(3)15(14)17(20)22)12-8-6-5-7-9-12/h5-9,13H,4H2,1-3H3,(H,23,24). The summed E-state index contributed by atoms with van der Waals surface area (Å²) in [7, 11) is 0. The van der Waals surface area contributed by atoms with Crippen LogP contribution < -0.4 is 0 Å². The Morgan fingerprint density at radius 1 is 1.04 bits per heavy atom. The van der Waals surface area contributed by atoms with E-state index in [-0.39, 0.29) is 6.42 Å². The molecule has 2 aromatic rings. The molecule has 2 heterocycles. The predicted octanol–water partition coefficient (Wildman–Crippen LogP) is 2.55. The molecule has 3 rings (SSSR count). The van der Waals surface area contributed by atoms with E-state index in [1.54, 1.807) is 20.8 Å². The van der Waals surface area contributed by atoms with E-state index in [2.05, 4.69) is 0 Å². The van der Waals surface area contributed by atoms with Gasteiger partial charge in [0.15, 0.2) is 0 Å². The van der Waals surface area contributed by atoms with Crippen molar-refractivity contribution >= 4 is 17.8 Å². The fourth-order valence-electron chi connectivity index (χ4n) is 3.41. The molecule has 0 spiro atoms. The number of carboxylic acids is 1. The molecule has 0 aliphatic carbocycles. The van der Waals surface area contributed by atoms with Crippen molar-refractivity contribution in [3.8, 4) is 5.69 Å². The summed E-state index contributed by atoms with van der Waals surface area (Å²) in [5.74, 6) is -2.23. The molecule has 6 nitrogen and oxygen atoms in total. The number of hydrogen-bond acceptors (Lipinski definition) is 3. The molecule has 0 saturated carbocycles. The van der Waals surface area contributed by atoms with Crippen LogP contribution in [0.25, 0.3) is 5.69 Å². The number of carbonyl (C=O) groups excluding carboxylic acids is 2. The van der Waals surface area contributed by atoms with Crippen molar-refractivity contribution in [1.82, 2.24) is 9.47 Å². The highest BCUT2D eigenvalue weighted by Gasteiger charge is 2.46. The summed E-state index contributed by atoms with van der Waals surface area (Å²) in [4.78, 5) is 37.8. The van der Waals surface area contributed by atoms with Crippen molar-refractivity contribution in [3.63, 3.8) is 0 Å². The third kappa shape index (κ3) is 2.06. The lowest BCUT2D eigenvalue weighted by Crippen LogP contribution is -2.44. The van der Waals surface area contributed by atoms with Crippen molar-refractivity contribution in [2.24, 2.45) is 0 Å². The predicted molar refractivity (Wildman–Crippen MR) is 87.5 cm³/mol. The highest BCUT2D eigenvalue weighted by atomic mass is 16.4. The van der Waals surface area contributed by atoms with Gasteiger partial charge in [0.05, 0.1) is 11.1 Å². The molecule has 0 bridgehead atoms. The molecule has 1 aliphatic heterocycles. The summed E-state index contributed by atoms with van der Waals surface area (Å²) in [5.41, 5.74) is 2.77. The quantitative estimate of drug-likeness (QED) is 0.876. The zero-order valence-electron chi connectivity index (χ0n) is 13.7. The largest absolute Gasteiger partial charge is 0.480 e. The van der Waals surface area contributed by atoms with Gasteiger partial charge < -0.3 is 9.67 Å². The van der Waals surface area contributed by atoms with Crippen molar-refractivity contribution in [2.45, 2.75) is 33.2 Å². The van der Waals surface area contributed by atoms with E-state index in [9.17, 15) is 19.5 Å². The summed E-state index contributed by atoms with van der Waals surface area (Å²) in [6.45, 7) is 5.19. The molecular formula is C18H18N2O4. The summed E-state index contributed by atoms with van der Waals surface area (Å²) < 4.78 is 1.86. The molecule has 1 N–H and O–H groups in total. The van der Waals surface area contributed by atoms with Gasteiger partial charge in [-0.3, -0.25) is 14.5 Å². The summed E-state index contributed by atoms with van der Waals surface area (Å²) in [6, 6.07) is 8.31. The van der Waals surface area contributed by atoms with Crippen LogP contribution in [0.5, 0.6) is 0 Å². The van der Waals surface area contributed by atoms with Gasteiger partial charge in [-0.2, -0.15) is 0 Å². The highest BCUT2D eigenvalue weighted by Crippen LogP contribution is 2.34. The van der Waals surface area contributed by atoms with E-state index in [1.807, 2.05) is 34.9 Å². The Balaban J connectivity index is 2.16. The van der Waals surface area contributed by atoms with Crippen LogP contribution in [0.4, 0.5) is 0 Å². The minimum Gasteiger partial charge on any atom is -0.480 e. The maximum atomic E-state index is 12.8. The van der Waals surface area contributed by atoms with Gasteiger partial charge in [0.25, 0.3) is 11.8 Å². The van der Waals surface area contributed by atoms with Crippen LogP contribution in [-0.2, 0) is 4.79 Å². The zero-order valence-corrected chi connectivity index (χ0v) is 13.7. The van der Waals surface area contributed by atoms with Gasteiger partial charge in [-0.25, -0.2) is 4.79 Å². The molecule has 24 heavy (non-hydrogen) atoms. The smallest absolute Gasteiger partial charge is 0.326 e. The number of aliphatic carboxylic acids is 1. The fourth-order valence-corrected chi connectivity index (χ4v) is 3.41. The lowest BCUT2D eigenvalue weighted by atomic mass is 10.1. The van der Waals surface area contributed by atoms with E-state index in [1.165, 1.54) is 0 Å². The van der Waals surface area contributed by atoms with Gasteiger partial charge in [0.2, 0.25) is 0 Å². The number of para-hydroxylation sites is 1. The van der Waals surface area contributed by atoms with Gasteiger partial charge in [-0.15, -0.1) is 0 Å². The van der Waals surface area contributed by atoms with Crippen LogP contribution in [0.3, 0.4) is 0 Å². The number of aromatic nitrogens is 1. The van der Waals surface area contributed by atoms with Crippen LogP contribution in [0.2, 0.25) is 0 Å². The molecule has 1 aromatic carbocycles. The first-order valence-electron chi connectivity index (χ1n) is 7.78. The Morgan fingerprint density at radius 2 is 1.54 bits per heavy atom. The zero-order chi connectivity index (χ0) is 17.6. The number of nitrogens with zero attached hydrogens (tertiary/aromatic N) is 2. The van der Waals surface area contributed by atoms with Gasteiger partial charge in [0.1, 0.15) is 6.04 Å². The Kier molecular flexibility index (Phi) is 3.75. The average molecular weight is 326 g/mol. The fraction of sp³-hybridized carbons (Fsp3) is 0.278. The normalized spacial score (nSPS) is 14.9. The average Bonchev–Trinajstić information content (AvgIpc) is 2.96. The molecule has 1 aliphatic rings. The van der Waals surface area contributed by atoms with E-state index < -0.39 is 23.8 Å². The molecule has 124 valence electrons. The Hall–Kier alpha value is -2.89. The third-order valence-corrected chi connectivity index (χ3v) is 4.51. The number of carbonyl (C=O) groups is 3. The second-order valence-electron chi connectivity index (χ2n) is 5.83. The number of imide groups is 1. The number of carboxylic acid groups (broad SMARTS) is 1. The lowest BCUT2D eigenvalue weighted by molar-refractivity contribution is -0.141. The number of amides is 2. The molecule has 0 saturated heterocycles. The second-order valence-corrected chi connectivity index (χ2v) is 5.83. The Morgan fingerprint density at radius 3 is 1.96 bits per heavy atom. The molecule has 2 amide bonds. The van der Waals surface area contributed by atoms with Crippen LogP contribution in [0, 0.1) is 13.8 Å². The third-order valence-electron chi connectivity index (χ3n) is 4.51. The van der Waals surface area contributed by atoms with E-state index in [0.717, 1.165) is 10.6 Å². The molecule has 0 radical (unpaired) electrons. The molecule has 1 aromatic heterocycles. The number of rotatable bonds is 4. The highest BCUT2D eigenvalue weighted by molar-refractivity contribution is 6.24. The topological polar surface area (TPSA) is 79.6 Å². The van der Waals surface area contributed by atoms with E-state index >= 15 is 0 Å². The minimum absolute atomic E-state index is 0.174. The van der Waals surface area contributed by atoms with Crippen LogP contribution >= 0.6 is 0 Å². The summed E-state index contributed by atoms with van der Waals surface area (Å²) in [6.07, 6.45) is 0.174. The van der Waals surface area contributed by atoms with Gasteiger partial charge in [0, 0.05) is 17.1 Å². The van der Waals surface area contributed by atoms with Crippen LogP contribution in [-0.4, -0.2) is 38.4 Å². The first-order valence-corrected chi connectivity index (χ1v) is 7.78. The van der Waals surface area contributed by atoms with Crippen LogP contribution in [0.15, 0.2) is 30.3 Å². The Bertz CT molecular complexity index is 812. The maximum absolute atomic E-state index is 12.8. The number of fused-ring (bicyclic) bond motifs is 1. The van der Waals surface area contributed by atoms with Crippen molar-refractivity contribution in [3.05, 3.63) is 52.8 Å². The van der Waals surface area contributed by atoms with Crippen molar-refractivity contribution in [1.29, 1.82) is 0 Å². The molecule has 0 fully saturated rings. The van der Waals surface area contributed by atoms with E-state index in [4.69, 9.17) is 0 Å². The van der Waals surface area contributed by atoms with Gasteiger partial charge >= 0.3 is 5.97 Å². The van der Waals surface area contributed by atoms with Crippen molar-refractivity contribution < 1.29 is 19.5 Å². The maximum Gasteiger partial charge on any atom is 0.326 e. The van der Waals surface area contributed by atoms with Gasteiger partial charge in [-0.1, -0.05) is 25.1 Å². The first kappa shape index (κ1) is 16.0. The minimum atomic E-state index is -1.17. The molecule has 6 heteroatoms. The monoisotopic (exact) mass is 326 g/mol. The SMILES string of the molecule is CCC(C(=O)O)N1C(=O)c2c(c(C)n(-c3ccccc3)c2C)C1=O. The molecular weight excluding hydrogens is 308 g/mol. The summed E-state index contributed by atoms with van der Waals surface area (Å²) in [5, 5.41) is 9.31. The second kappa shape index (κ2) is 5.63. The lowest BCUT2D eigenvalue weighted by Gasteiger charge is -2.22. The van der Waals surface area contributed by atoms with E-state index in [0.29, 0.717) is 22.5 Å². The summed E-state index contributed by atoms with van der Waals surface area (Å²) >= 11 is 0. The van der Waals surface area contributed by atoms with Crippen LogP contribution in [0.1, 0.15) is 45.4 Å². The Labute approximate surface area is 139 Å². The number of benzene rings is 1. The van der Waals surface area contributed by atoms with Gasteiger partial charge in [-0.05, 0) is 32.4 Å². The first-order chi connectivity index (χ1) is 11.4. The molecule has 1 unspecified atom stereocenters. The molecule has 1 atom stereocenters.